The zero-order valence-corrected chi connectivity index (χ0v) is 12.1. The number of morpholine rings is 1. The lowest BCUT2D eigenvalue weighted by atomic mass is 9.85. The first-order valence-electron chi connectivity index (χ1n) is 6.90. The molecule has 6 nitrogen and oxygen atoms in total. The van der Waals surface area contributed by atoms with Crippen molar-refractivity contribution in [2.24, 2.45) is 12.9 Å². The third kappa shape index (κ3) is 2.81. The molecule has 108 valence electrons. The van der Waals surface area contributed by atoms with Crippen molar-refractivity contribution in [3.63, 3.8) is 0 Å². The topological polar surface area (TPSA) is 68.3 Å². The van der Waals surface area contributed by atoms with Gasteiger partial charge in [-0.1, -0.05) is 6.92 Å². The molecule has 1 aliphatic rings. The van der Waals surface area contributed by atoms with E-state index in [9.17, 15) is 0 Å². The largest absolute Gasteiger partial charge is 0.379 e. The highest BCUT2D eigenvalue weighted by molar-refractivity contribution is 5.13. The van der Waals surface area contributed by atoms with E-state index in [0.717, 1.165) is 38.4 Å². The lowest BCUT2D eigenvalue weighted by Crippen LogP contribution is -2.58. The first-order chi connectivity index (χ1) is 9.11. The number of hydrogen-bond donors (Lipinski definition) is 2. The Morgan fingerprint density at radius 1 is 1.53 bits per heavy atom. The third-order valence-corrected chi connectivity index (χ3v) is 4.27. The molecular weight excluding hydrogens is 242 g/mol. The maximum absolute atomic E-state index is 5.83. The summed E-state index contributed by atoms with van der Waals surface area (Å²) < 4.78 is 7.26. The molecule has 0 bridgehead atoms. The number of ether oxygens (including phenoxy) is 1. The summed E-state index contributed by atoms with van der Waals surface area (Å²) in [6, 6.07) is 2.04. The van der Waals surface area contributed by atoms with E-state index in [4.69, 9.17) is 10.6 Å². The molecule has 0 amide bonds. The lowest BCUT2D eigenvalue weighted by Gasteiger charge is -2.47. The number of nitrogens with two attached hydrogens (primary N) is 1. The van der Waals surface area contributed by atoms with E-state index in [-0.39, 0.29) is 11.6 Å². The van der Waals surface area contributed by atoms with Crippen molar-refractivity contribution in [1.29, 1.82) is 0 Å². The molecule has 2 heterocycles. The van der Waals surface area contributed by atoms with E-state index < -0.39 is 0 Å². The predicted octanol–water partition coefficient (Wildman–Crippen LogP) is 0.425. The number of hydrogen-bond acceptors (Lipinski definition) is 5. The van der Waals surface area contributed by atoms with Crippen molar-refractivity contribution in [1.82, 2.24) is 20.1 Å². The Kier molecular flexibility index (Phi) is 4.57. The first-order valence-corrected chi connectivity index (χ1v) is 6.90. The smallest absolute Gasteiger partial charge is 0.0831 e. The monoisotopic (exact) mass is 267 g/mol. The SMILES string of the molecule is CCC(C)(C(NN)c1ccn(C)n1)N1CCOCC1. The summed E-state index contributed by atoms with van der Waals surface area (Å²) in [5.74, 6) is 5.83. The van der Waals surface area contributed by atoms with Gasteiger partial charge in [0.1, 0.15) is 0 Å². The van der Waals surface area contributed by atoms with Gasteiger partial charge in [-0.25, -0.2) is 5.43 Å². The Hall–Kier alpha value is -0.950. The van der Waals surface area contributed by atoms with Crippen molar-refractivity contribution in [3.8, 4) is 0 Å². The fraction of sp³-hybridized carbons (Fsp3) is 0.769. The van der Waals surface area contributed by atoms with Gasteiger partial charge in [0.05, 0.1) is 24.9 Å². The molecule has 1 saturated heterocycles. The van der Waals surface area contributed by atoms with Crippen LogP contribution >= 0.6 is 0 Å². The molecule has 1 aliphatic heterocycles. The Morgan fingerprint density at radius 2 is 2.21 bits per heavy atom. The molecule has 0 saturated carbocycles. The summed E-state index contributed by atoms with van der Waals surface area (Å²) in [5.41, 5.74) is 3.89. The minimum Gasteiger partial charge on any atom is -0.379 e. The third-order valence-electron chi connectivity index (χ3n) is 4.27. The van der Waals surface area contributed by atoms with E-state index in [1.807, 2.05) is 24.0 Å². The molecule has 1 aromatic rings. The summed E-state index contributed by atoms with van der Waals surface area (Å²) in [6.45, 7) is 7.90. The second-order valence-electron chi connectivity index (χ2n) is 5.32. The van der Waals surface area contributed by atoms with Gasteiger partial charge in [0.25, 0.3) is 0 Å². The van der Waals surface area contributed by atoms with Crippen molar-refractivity contribution in [2.75, 3.05) is 26.3 Å². The fourth-order valence-electron chi connectivity index (χ4n) is 2.85. The second-order valence-corrected chi connectivity index (χ2v) is 5.32. The number of aromatic nitrogens is 2. The Balaban J connectivity index is 2.25. The van der Waals surface area contributed by atoms with Crippen LogP contribution in [0.3, 0.4) is 0 Å². The van der Waals surface area contributed by atoms with Crippen molar-refractivity contribution in [2.45, 2.75) is 31.8 Å². The molecule has 0 aliphatic carbocycles. The van der Waals surface area contributed by atoms with Gasteiger partial charge in [0.2, 0.25) is 0 Å². The van der Waals surface area contributed by atoms with Crippen LogP contribution in [-0.2, 0) is 11.8 Å². The van der Waals surface area contributed by atoms with Gasteiger partial charge < -0.3 is 4.74 Å². The average molecular weight is 267 g/mol. The van der Waals surface area contributed by atoms with Gasteiger partial charge in [-0.05, 0) is 19.4 Å². The predicted molar refractivity (Wildman–Crippen MR) is 74.4 cm³/mol. The molecule has 1 aromatic heterocycles. The van der Waals surface area contributed by atoms with Gasteiger partial charge in [0.15, 0.2) is 0 Å². The Morgan fingerprint density at radius 3 is 2.68 bits per heavy atom. The van der Waals surface area contributed by atoms with E-state index in [0.29, 0.717) is 0 Å². The minimum atomic E-state index is -0.0626. The van der Waals surface area contributed by atoms with Crippen LogP contribution in [0.4, 0.5) is 0 Å². The van der Waals surface area contributed by atoms with E-state index in [2.05, 4.69) is 29.3 Å². The fourth-order valence-corrected chi connectivity index (χ4v) is 2.85. The molecule has 0 radical (unpaired) electrons. The van der Waals surface area contributed by atoms with Gasteiger partial charge in [0, 0.05) is 31.9 Å². The molecule has 6 heteroatoms. The van der Waals surface area contributed by atoms with E-state index >= 15 is 0 Å². The summed E-state index contributed by atoms with van der Waals surface area (Å²) in [4.78, 5) is 2.45. The van der Waals surface area contributed by atoms with Crippen molar-refractivity contribution in [3.05, 3.63) is 18.0 Å². The van der Waals surface area contributed by atoms with Gasteiger partial charge in [-0.2, -0.15) is 5.10 Å². The summed E-state index contributed by atoms with van der Waals surface area (Å²) in [5, 5.41) is 4.51. The van der Waals surface area contributed by atoms with Gasteiger partial charge >= 0.3 is 0 Å². The summed E-state index contributed by atoms with van der Waals surface area (Å²) >= 11 is 0. The summed E-state index contributed by atoms with van der Waals surface area (Å²) in [6.07, 6.45) is 2.95. The first kappa shape index (κ1) is 14.5. The van der Waals surface area contributed by atoms with Crippen LogP contribution in [0.1, 0.15) is 32.0 Å². The number of nitrogens with one attached hydrogen (secondary N) is 1. The maximum atomic E-state index is 5.83. The van der Waals surface area contributed by atoms with Crippen LogP contribution in [-0.4, -0.2) is 46.5 Å². The molecule has 0 spiro atoms. The molecule has 2 unspecified atom stereocenters. The number of aryl methyl sites for hydroxylation is 1. The normalized spacial score (nSPS) is 22.1. The van der Waals surface area contributed by atoms with Crippen LogP contribution in [0.25, 0.3) is 0 Å². The zero-order valence-electron chi connectivity index (χ0n) is 12.1. The van der Waals surface area contributed by atoms with Crippen LogP contribution in [0.5, 0.6) is 0 Å². The molecular formula is C13H25N5O. The molecule has 2 atom stereocenters. The Bertz CT molecular complexity index is 401. The number of hydrazine groups is 1. The molecule has 3 N–H and O–H groups in total. The lowest BCUT2D eigenvalue weighted by molar-refractivity contribution is -0.0335. The molecule has 2 rings (SSSR count). The highest BCUT2D eigenvalue weighted by Crippen LogP contribution is 2.33. The zero-order chi connectivity index (χ0) is 13.9. The molecule has 1 fully saturated rings. The van der Waals surface area contributed by atoms with Crippen LogP contribution < -0.4 is 11.3 Å². The summed E-state index contributed by atoms with van der Waals surface area (Å²) in [7, 11) is 1.93. The second kappa shape index (κ2) is 6.00. The highest BCUT2D eigenvalue weighted by Gasteiger charge is 2.40. The molecule has 19 heavy (non-hydrogen) atoms. The standard InChI is InChI=1S/C13H25N5O/c1-4-13(2,18-7-9-19-10-8-18)12(15-14)11-5-6-17(3)16-11/h5-6,12,15H,4,7-10,14H2,1-3H3. The minimum absolute atomic E-state index is 0.0109. The number of rotatable bonds is 5. The van der Waals surface area contributed by atoms with Gasteiger partial charge in [-0.15, -0.1) is 0 Å². The maximum Gasteiger partial charge on any atom is 0.0831 e. The van der Waals surface area contributed by atoms with Crippen LogP contribution in [0.15, 0.2) is 12.3 Å². The van der Waals surface area contributed by atoms with Crippen LogP contribution in [0, 0.1) is 0 Å². The van der Waals surface area contributed by atoms with Gasteiger partial charge in [-0.3, -0.25) is 15.4 Å². The van der Waals surface area contributed by atoms with Crippen LogP contribution in [0.2, 0.25) is 0 Å². The van der Waals surface area contributed by atoms with Crippen molar-refractivity contribution >= 4 is 0 Å². The highest BCUT2D eigenvalue weighted by atomic mass is 16.5. The van der Waals surface area contributed by atoms with E-state index in [1.165, 1.54) is 0 Å². The van der Waals surface area contributed by atoms with E-state index in [1.54, 1.807) is 0 Å². The molecule has 0 aromatic carbocycles. The quantitative estimate of drug-likeness (QED) is 0.598. The average Bonchev–Trinajstić information content (AvgIpc) is 2.86. The Labute approximate surface area is 114 Å². The van der Waals surface area contributed by atoms with Crippen molar-refractivity contribution < 1.29 is 4.74 Å². The number of nitrogens with zero attached hydrogens (tertiary/aromatic N) is 3.